The number of carbonyl (C=O) groups is 2. The molecule has 0 aromatic rings. The molecule has 4 unspecified atom stereocenters. The summed E-state index contributed by atoms with van der Waals surface area (Å²) in [6.45, 7) is 9.82. The molecule has 2 aliphatic rings. The quantitative estimate of drug-likeness (QED) is 0.725. The van der Waals surface area contributed by atoms with Gasteiger partial charge in [0, 0.05) is 6.42 Å². The van der Waals surface area contributed by atoms with Gasteiger partial charge in [-0.05, 0) is 27.7 Å². The lowest BCUT2D eigenvalue weighted by Gasteiger charge is -2.41. The van der Waals surface area contributed by atoms with Crippen LogP contribution in [0.25, 0.3) is 0 Å². The Kier molecular flexibility index (Phi) is 3.38. The van der Waals surface area contributed by atoms with Crippen LogP contribution < -0.4 is 0 Å². The maximum Gasteiger partial charge on any atom is 0.514 e. The highest BCUT2D eigenvalue weighted by Gasteiger charge is 2.67. The molecule has 6 nitrogen and oxygen atoms in total. The van der Waals surface area contributed by atoms with Gasteiger partial charge in [-0.25, -0.2) is 8.97 Å². The fraction of sp³-hybridized carbons (Fsp3) is 0.857. The molecule has 0 aliphatic carbocycles. The number of carboxylic acid groups (broad SMARTS) is 2. The molecule has 114 valence electrons. The van der Waals surface area contributed by atoms with E-state index in [1.165, 1.54) is 0 Å². The van der Waals surface area contributed by atoms with Crippen molar-refractivity contribution in [1.29, 1.82) is 0 Å². The molecule has 2 N–H and O–H groups in total. The van der Waals surface area contributed by atoms with E-state index >= 15 is 0 Å². The first kappa shape index (κ1) is 15.3. The summed E-state index contributed by atoms with van der Waals surface area (Å²) < 4.78 is 0.0175. The fourth-order valence-electron chi connectivity index (χ4n) is 4.23. The molecule has 2 aliphatic heterocycles. The molecule has 0 bridgehead atoms. The van der Waals surface area contributed by atoms with Gasteiger partial charge < -0.3 is 10.2 Å². The zero-order chi connectivity index (χ0) is 15.3. The summed E-state index contributed by atoms with van der Waals surface area (Å²) in [5.41, 5.74) is -0.419. The monoisotopic (exact) mass is 286 g/mol. The highest BCUT2D eigenvalue weighted by molar-refractivity contribution is 5.59. The first-order valence-electron chi connectivity index (χ1n) is 7.31. The molecule has 0 saturated carbocycles. The van der Waals surface area contributed by atoms with Crippen LogP contribution in [0.15, 0.2) is 0 Å². The Morgan fingerprint density at radius 2 is 1.75 bits per heavy atom. The number of likely N-dealkylation sites (N-methyl/N-ethyl adjacent to an activating group) is 1. The van der Waals surface area contributed by atoms with Crippen molar-refractivity contribution in [1.82, 2.24) is 0 Å². The van der Waals surface area contributed by atoms with Crippen LogP contribution >= 0.6 is 0 Å². The molecule has 2 rings (SSSR count). The SMILES string of the molecule is CC[N+]1(C(=O)O)CCC2C[N+](C(=O)O)(C(C)(C)C)CC21. The summed E-state index contributed by atoms with van der Waals surface area (Å²) in [5.74, 6) is 0.196. The summed E-state index contributed by atoms with van der Waals surface area (Å²) in [6.07, 6.45) is -0.820. The Labute approximate surface area is 119 Å². The van der Waals surface area contributed by atoms with Crippen molar-refractivity contribution in [3.05, 3.63) is 0 Å². The van der Waals surface area contributed by atoms with Gasteiger partial charge in [0.1, 0.15) is 12.1 Å². The van der Waals surface area contributed by atoms with Gasteiger partial charge in [-0.1, -0.05) is 0 Å². The van der Waals surface area contributed by atoms with E-state index in [-0.39, 0.29) is 20.9 Å². The number of hydrogen-bond donors (Lipinski definition) is 2. The fourth-order valence-corrected chi connectivity index (χ4v) is 4.23. The second-order valence-electron chi connectivity index (χ2n) is 7.26. The molecule has 4 atom stereocenters. The predicted octanol–water partition coefficient (Wildman–Crippen LogP) is 2.20. The summed E-state index contributed by atoms with van der Waals surface area (Å²) >= 11 is 0. The minimum Gasteiger partial charge on any atom is -0.435 e. The van der Waals surface area contributed by atoms with Crippen LogP contribution in [0, 0.1) is 5.92 Å². The van der Waals surface area contributed by atoms with Gasteiger partial charge in [0.05, 0.1) is 25.6 Å². The van der Waals surface area contributed by atoms with E-state index in [9.17, 15) is 19.8 Å². The first-order valence-corrected chi connectivity index (χ1v) is 7.31. The lowest BCUT2D eigenvalue weighted by Crippen LogP contribution is -2.65. The smallest absolute Gasteiger partial charge is 0.435 e. The maximum absolute atomic E-state index is 11.9. The molecule has 0 spiro atoms. The average molecular weight is 286 g/mol. The Hall–Kier alpha value is -1.14. The molecule has 0 radical (unpaired) electrons. The third kappa shape index (κ3) is 1.78. The Morgan fingerprint density at radius 1 is 1.15 bits per heavy atom. The second kappa shape index (κ2) is 4.43. The minimum absolute atomic E-state index is 0.0182. The van der Waals surface area contributed by atoms with Crippen LogP contribution in [-0.4, -0.2) is 69.1 Å². The van der Waals surface area contributed by atoms with E-state index in [2.05, 4.69) is 0 Å². The van der Waals surface area contributed by atoms with Crippen molar-refractivity contribution in [2.24, 2.45) is 5.92 Å². The highest BCUT2D eigenvalue weighted by Crippen LogP contribution is 2.44. The summed E-state index contributed by atoms with van der Waals surface area (Å²) in [7, 11) is 0. The van der Waals surface area contributed by atoms with Crippen LogP contribution in [0.3, 0.4) is 0 Å². The molecule has 2 saturated heterocycles. The number of likely N-dealkylation sites (tertiary alicyclic amines) is 2. The number of fused-ring (bicyclic) bond motifs is 1. The molecule has 6 heteroatoms. The van der Waals surface area contributed by atoms with Gasteiger partial charge >= 0.3 is 12.2 Å². The third-order valence-electron chi connectivity index (χ3n) is 5.72. The molecule has 20 heavy (non-hydrogen) atoms. The van der Waals surface area contributed by atoms with Crippen molar-refractivity contribution >= 4 is 12.2 Å². The first-order chi connectivity index (χ1) is 9.10. The topological polar surface area (TPSA) is 74.6 Å². The van der Waals surface area contributed by atoms with Crippen molar-refractivity contribution < 1.29 is 28.8 Å². The second-order valence-corrected chi connectivity index (χ2v) is 7.26. The summed E-state index contributed by atoms with van der Waals surface area (Å²) in [5, 5.41) is 19.4. The number of quaternary nitrogens is 2. The third-order valence-corrected chi connectivity index (χ3v) is 5.72. The predicted molar refractivity (Wildman–Crippen MR) is 73.4 cm³/mol. The molecule has 2 fully saturated rings. The molecular formula is C14H26N2O4+2. The van der Waals surface area contributed by atoms with Gasteiger partial charge in [0.25, 0.3) is 0 Å². The Balaban J connectivity index is 2.41. The van der Waals surface area contributed by atoms with Crippen molar-refractivity contribution in [2.45, 2.75) is 45.7 Å². The largest absolute Gasteiger partial charge is 0.514 e. The normalized spacial score (nSPS) is 40.6. The van der Waals surface area contributed by atoms with E-state index in [1.54, 1.807) is 0 Å². The molecule has 0 aromatic carbocycles. The lowest BCUT2D eigenvalue weighted by atomic mass is 10.0. The van der Waals surface area contributed by atoms with Crippen molar-refractivity contribution in [2.75, 3.05) is 26.2 Å². The molecule has 2 amide bonds. The van der Waals surface area contributed by atoms with Gasteiger partial charge in [-0.2, -0.15) is 9.59 Å². The molecule has 2 heterocycles. The van der Waals surface area contributed by atoms with E-state index < -0.39 is 17.7 Å². The van der Waals surface area contributed by atoms with Crippen LogP contribution in [-0.2, 0) is 0 Å². The van der Waals surface area contributed by atoms with E-state index in [1.807, 2.05) is 27.7 Å². The zero-order valence-corrected chi connectivity index (χ0v) is 12.8. The van der Waals surface area contributed by atoms with E-state index in [0.29, 0.717) is 26.2 Å². The van der Waals surface area contributed by atoms with Crippen LogP contribution in [0.4, 0.5) is 9.59 Å². The summed E-state index contributed by atoms with van der Waals surface area (Å²) in [4.78, 5) is 23.6. The number of hydrogen-bond acceptors (Lipinski definition) is 2. The molecule has 0 aromatic heterocycles. The van der Waals surface area contributed by atoms with Crippen molar-refractivity contribution in [3.8, 4) is 0 Å². The number of rotatable bonds is 1. The zero-order valence-electron chi connectivity index (χ0n) is 12.8. The maximum atomic E-state index is 11.9. The Bertz CT molecular complexity index is 445. The minimum atomic E-state index is -0.827. The van der Waals surface area contributed by atoms with Crippen molar-refractivity contribution in [3.63, 3.8) is 0 Å². The Morgan fingerprint density at radius 3 is 2.15 bits per heavy atom. The van der Waals surface area contributed by atoms with E-state index in [4.69, 9.17) is 0 Å². The van der Waals surface area contributed by atoms with E-state index in [0.717, 1.165) is 6.42 Å². The van der Waals surface area contributed by atoms with Crippen LogP contribution in [0.5, 0.6) is 0 Å². The number of nitrogens with zero attached hydrogens (tertiary/aromatic N) is 2. The van der Waals surface area contributed by atoms with Gasteiger partial charge in [-0.15, -0.1) is 0 Å². The lowest BCUT2D eigenvalue weighted by molar-refractivity contribution is -0.927. The standard InChI is InChI=1S/C14H24N2O4/c1-5-15(12(17)18)7-6-10-8-16(13(19)20,9-11(10)15)14(2,3)4/h10-11H,5-9H2,1-4H3/p+2. The van der Waals surface area contributed by atoms with Gasteiger partial charge in [-0.3, -0.25) is 0 Å². The van der Waals surface area contributed by atoms with Gasteiger partial charge in [0.15, 0.2) is 6.04 Å². The summed E-state index contributed by atoms with van der Waals surface area (Å²) in [6, 6.07) is -0.0761. The van der Waals surface area contributed by atoms with Crippen LogP contribution in [0.1, 0.15) is 34.1 Å². The van der Waals surface area contributed by atoms with Gasteiger partial charge in [0.2, 0.25) is 0 Å². The van der Waals surface area contributed by atoms with Crippen LogP contribution in [0.2, 0.25) is 0 Å². The highest BCUT2D eigenvalue weighted by atomic mass is 16.4. The average Bonchev–Trinajstić information content (AvgIpc) is 2.83. The number of amides is 2. The molecular weight excluding hydrogens is 260 g/mol.